The van der Waals surface area contributed by atoms with Gasteiger partial charge in [-0.05, 0) is 29.7 Å². The van der Waals surface area contributed by atoms with Crippen molar-refractivity contribution in [2.45, 2.75) is 21.6 Å². The highest BCUT2D eigenvalue weighted by Gasteiger charge is 2.24. The van der Waals surface area contributed by atoms with E-state index in [-0.39, 0.29) is 38.6 Å². The van der Waals surface area contributed by atoms with Crippen LogP contribution in [0.2, 0.25) is 0 Å². The van der Waals surface area contributed by atoms with Gasteiger partial charge in [0.15, 0.2) is 15.6 Å². The summed E-state index contributed by atoms with van der Waals surface area (Å²) in [6, 6.07) is 6.10. The number of hydrogen-bond acceptors (Lipinski definition) is 11. The number of fused-ring (bicyclic) bond motifs is 1. The Bertz CT molecular complexity index is 1710. The van der Waals surface area contributed by atoms with E-state index in [4.69, 9.17) is 9.47 Å². The molecule has 0 amide bonds. The molecule has 0 heterocycles. The van der Waals surface area contributed by atoms with Gasteiger partial charge in [0.2, 0.25) is 0 Å². The van der Waals surface area contributed by atoms with E-state index in [1.165, 1.54) is 27.2 Å². The summed E-state index contributed by atoms with van der Waals surface area (Å²) in [6.07, 6.45) is 0. The second kappa shape index (κ2) is 9.62. The zero-order valence-electron chi connectivity index (χ0n) is 18.9. The van der Waals surface area contributed by atoms with E-state index >= 15 is 0 Å². The maximum Gasteiger partial charge on any atom is 0.296 e. The summed E-state index contributed by atoms with van der Waals surface area (Å²) in [4.78, 5) is -1.67. The molecule has 3 aromatic rings. The van der Waals surface area contributed by atoms with E-state index in [1.54, 1.807) is 0 Å². The lowest BCUT2D eigenvalue weighted by atomic mass is 10.1. The summed E-state index contributed by atoms with van der Waals surface area (Å²) in [5.41, 5.74) is -0.803. The highest BCUT2D eigenvalue weighted by atomic mass is 32.2. The first-order chi connectivity index (χ1) is 16.6. The van der Waals surface area contributed by atoms with Gasteiger partial charge in [-0.15, -0.1) is 10.2 Å². The third-order valence-corrected chi connectivity index (χ3v) is 8.50. The summed E-state index contributed by atoms with van der Waals surface area (Å²) in [7, 11) is -10.9. The lowest BCUT2D eigenvalue weighted by Crippen LogP contribution is -2.06. The third kappa shape index (κ3) is 5.26. The van der Waals surface area contributed by atoms with E-state index < -0.39 is 51.3 Å². The average Bonchev–Trinajstić information content (AvgIpc) is 2.81. The molecule has 194 valence electrons. The van der Waals surface area contributed by atoms with Crippen molar-refractivity contribution in [3.63, 3.8) is 0 Å². The molecule has 0 atom stereocenters. The molecule has 36 heavy (non-hydrogen) atoms. The molecule has 0 radical (unpaired) electrons. The predicted octanol–water partition coefficient (Wildman–Crippen LogP) is 3.27. The monoisotopic (exact) mass is 560 g/mol. The van der Waals surface area contributed by atoms with Crippen LogP contribution in [0.1, 0.15) is 6.92 Å². The van der Waals surface area contributed by atoms with E-state index in [2.05, 4.69) is 10.2 Å². The molecule has 0 aromatic heterocycles. The standard InChI is InChI=1S/C20H20N2O11S3/c1-4-34(24,25)17-10-15(32-2)14(9-16(17)33-3)21-22-19-18(36(29,30)31)8-11-7-12(35(26,27)28)5-6-13(11)20(19)23/h5-10,23H,4H2,1-3H3,(H,26,27,28)(H,29,30,31). The number of phenolic OH excluding ortho intramolecular Hbond substituents is 1. The molecule has 0 fully saturated rings. The van der Waals surface area contributed by atoms with Gasteiger partial charge in [-0.25, -0.2) is 8.42 Å². The van der Waals surface area contributed by atoms with Gasteiger partial charge in [0.25, 0.3) is 20.2 Å². The van der Waals surface area contributed by atoms with Crippen LogP contribution in [-0.4, -0.2) is 59.4 Å². The summed E-state index contributed by atoms with van der Waals surface area (Å²) >= 11 is 0. The van der Waals surface area contributed by atoms with E-state index in [1.807, 2.05) is 0 Å². The first-order valence-corrected chi connectivity index (χ1v) is 14.3. The number of azo groups is 1. The fraction of sp³-hybridized carbons (Fsp3) is 0.200. The quantitative estimate of drug-likeness (QED) is 0.269. The SMILES string of the molecule is CCS(=O)(=O)c1cc(OC)c(N=Nc2c(S(=O)(=O)O)cc3cc(S(=O)(=O)O)ccc3c2O)cc1OC. The van der Waals surface area contributed by atoms with Crippen molar-refractivity contribution in [3.8, 4) is 17.2 Å². The summed E-state index contributed by atoms with van der Waals surface area (Å²) < 4.78 is 101. The minimum atomic E-state index is -5.02. The van der Waals surface area contributed by atoms with Crippen LogP contribution in [0.5, 0.6) is 17.2 Å². The first kappa shape index (κ1) is 27.3. The van der Waals surface area contributed by atoms with E-state index in [9.17, 15) is 39.5 Å². The van der Waals surface area contributed by atoms with Gasteiger partial charge in [-0.3, -0.25) is 9.11 Å². The molecule has 0 aliphatic carbocycles. The molecule has 3 N–H and O–H groups in total. The molecule has 16 heteroatoms. The second-order valence-electron chi connectivity index (χ2n) is 7.18. The number of aromatic hydroxyl groups is 1. The highest BCUT2D eigenvalue weighted by molar-refractivity contribution is 7.91. The van der Waals surface area contributed by atoms with Crippen LogP contribution in [0.15, 0.2) is 61.3 Å². The number of ether oxygens (including phenoxy) is 2. The Morgan fingerprint density at radius 1 is 0.806 bits per heavy atom. The summed E-state index contributed by atoms with van der Waals surface area (Å²) in [6.45, 7) is 1.44. The van der Waals surface area contributed by atoms with Crippen LogP contribution in [0.3, 0.4) is 0 Å². The summed E-state index contributed by atoms with van der Waals surface area (Å²) in [5.74, 6) is -1.17. The Morgan fingerprint density at radius 2 is 1.44 bits per heavy atom. The van der Waals surface area contributed by atoms with Crippen LogP contribution >= 0.6 is 0 Å². The Labute approximate surface area is 206 Å². The second-order valence-corrected chi connectivity index (χ2v) is 12.2. The lowest BCUT2D eigenvalue weighted by molar-refractivity contribution is 0.393. The van der Waals surface area contributed by atoms with Crippen molar-refractivity contribution in [1.29, 1.82) is 0 Å². The molecule has 0 spiro atoms. The van der Waals surface area contributed by atoms with E-state index in [0.29, 0.717) is 0 Å². The van der Waals surface area contributed by atoms with Crippen molar-refractivity contribution < 1.29 is 48.9 Å². The number of hydrogen-bond donors (Lipinski definition) is 3. The first-order valence-electron chi connectivity index (χ1n) is 9.79. The minimum absolute atomic E-state index is 0.0712. The number of rotatable bonds is 8. The number of nitrogens with zero attached hydrogens (tertiary/aromatic N) is 2. The van der Waals surface area contributed by atoms with Crippen LogP contribution in [-0.2, 0) is 30.1 Å². The van der Waals surface area contributed by atoms with E-state index in [0.717, 1.165) is 30.3 Å². The van der Waals surface area contributed by atoms with Gasteiger partial charge in [-0.2, -0.15) is 16.8 Å². The third-order valence-electron chi connectivity index (χ3n) is 5.04. The number of methoxy groups -OCH3 is 2. The number of phenols is 1. The largest absolute Gasteiger partial charge is 0.505 e. The Morgan fingerprint density at radius 3 is 1.97 bits per heavy atom. The molecule has 0 saturated heterocycles. The predicted molar refractivity (Wildman–Crippen MR) is 127 cm³/mol. The fourth-order valence-corrected chi connectivity index (χ4v) is 5.44. The van der Waals surface area contributed by atoms with Gasteiger partial charge >= 0.3 is 0 Å². The molecule has 0 aliphatic heterocycles. The zero-order valence-corrected chi connectivity index (χ0v) is 21.3. The maximum absolute atomic E-state index is 12.4. The van der Waals surface area contributed by atoms with Crippen molar-refractivity contribution in [2.75, 3.05) is 20.0 Å². The van der Waals surface area contributed by atoms with Crippen LogP contribution in [0.25, 0.3) is 10.8 Å². The Hall–Kier alpha value is -3.31. The van der Waals surface area contributed by atoms with Crippen molar-refractivity contribution in [3.05, 3.63) is 36.4 Å². The molecular weight excluding hydrogens is 540 g/mol. The average molecular weight is 561 g/mol. The molecular formula is C20H20N2O11S3. The normalized spacial score (nSPS) is 12.8. The van der Waals surface area contributed by atoms with Gasteiger partial charge in [0.1, 0.15) is 32.7 Å². The number of benzene rings is 3. The topological polar surface area (TPSA) is 206 Å². The zero-order chi connectivity index (χ0) is 27.1. The Balaban J connectivity index is 2.28. The minimum Gasteiger partial charge on any atom is -0.505 e. The van der Waals surface area contributed by atoms with Gasteiger partial charge < -0.3 is 14.6 Å². The van der Waals surface area contributed by atoms with Crippen molar-refractivity contribution in [2.24, 2.45) is 10.2 Å². The maximum atomic E-state index is 12.4. The molecule has 0 aliphatic rings. The van der Waals surface area contributed by atoms with Crippen LogP contribution in [0, 0.1) is 0 Å². The van der Waals surface area contributed by atoms with Crippen molar-refractivity contribution >= 4 is 52.2 Å². The molecule has 13 nitrogen and oxygen atoms in total. The molecule has 0 unspecified atom stereocenters. The summed E-state index contributed by atoms with van der Waals surface area (Å²) in [5, 5.41) is 18.1. The highest BCUT2D eigenvalue weighted by Crippen LogP contribution is 2.43. The van der Waals surface area contributed by atoms with Gasteiger partial charge in [0, 0.05) is 17.5 Å². The van der Waals surface area contributed by atoms with Gasteiger partial charge in [0.05, 0.1) is 24.9 Å². The van der Waals surface area contributed by atoms with Crippen molar-refractivity contribution in [1.82, 2.24) is 0 Å². The number of sulfone groups is 1. The van der Waals surface area contributed by atoms with Crippen LogP contribution < -0.4 is 9.47 Å². The molecule has 3 aromatic carbocycles. The lowest BCUT2D eigenvalue weighted by Gasteiger charge is -2.12. The Kier molecular flexibility index (Phi) is 7.29. The smallest absolute Gasteiger partial charge is 0.296 e. The molecule has 3 rings (SSSR count). The molecule has 0 saturated carbocycles. The van der Waals surface area contributed by atoms with Crippen LogP contribution in [0.4, 0.5) is 11.4 Å². The fourth-order valence-electron chi connectivity index (χ4n) is 3.22. The van der Waals surface area contributed by atoms with Gasteiger partial charge in [-0.1, -0.05) is 6.92 Å². The molecule has 0 bridgehead atoms.